The first kappa shape index (κ1) is 16.0. The second-order valence-electron chi connectivity index (χ2n) is 4.51. The molecule has 2 aromatic rings. The molecule has 0 saturated heterocycles. The average Bonchev–Trinajstić information content (AvgIpc) is 2.47. The monoisotopic (exact) mass is 325 g/mol. The average molecular weight is 326 g/mol. The summed E-state index contributed by atoms with van der Waals surface area (Å²) in [5.41, 5.74) is 7.47. The molecule has 0 atom stereocenters. The molecular weight excluding hydrogens is 309 g/mol. The zero-order chi connectivity index (χ0) is 15.2. The standard InChI is InChI=1S/C16H17Cl2NO2/c1-20-15-6-5-13(17)9-12(15)10-21-16-11(7-8-19)3-2-4-14(16)18/h2-6,9H,7-8,10,19H2,1H3. The van der Waals surface area contributed by atoms with E-state index in [0.717, 1.165) is 16.9 Å². The molecule has 3 nitrogen and oxygen atoms in total. The first-order valence-electron chi connectivity index (χ1n) is 6.58. The molecule has 0 aliphatic carbocycles. The molecule has 0 bridgehead atoms. The lowest BCUT2D eigenvalue weighted by Gasteiger charge is -2.14. The highest BCUT2D eigenvalue weighted by atomic mass is 35.5. The van der Waals surface area contributed by atoms with Gasteiger partial charge in [0.25, 0.3) is 0 Å². The summed E-state index contributed by atoms with van der Waals surface area (Å²) in [4.78, 5) is 0. The first-order chi connectivity index (χ1) is 10.2. The smallest absolute Gasteiger partial charge is 0.141 e. The first-order valence-corrected chi connectivity index (χ1v) is 7.34. The van der Waals surface area contributed by atoms with Crippen molar-refractivity contribution in [1.82, 2.24) is 0 Å². The van der Waals surface area contributed by atoms with Crippen LogP contribution in [-0.2, 0) is 13.0 Å². The predicted molar refractivity (Wildman–Crippen MR) is 86.5 cm³/mol. The van der Waals surface area contributed by atoms with E-state index in [9.17, 15) is 0 Å². The van der Waals surface area contributed by atoms with Crippen molar-refractivity contribution in [3.8, 4) is 11.5 Å². The van der Waals surface area contributed by atoms with Gasteiger partial charge >= 0.3 is 0 Å². The highest BCUT2D eigenvalue weighted by Gasteiger charge is 2.10. The molecule has 0 fully saturated rings. The van der Waals surface area contributed by atoms with Gasteiger partial charge in [-0.05, 0) is 42.8 Å². The van der Waals surface area contributed by atoms with Gasteiger partial charge in [0.1, 0.15) is 18.1 Å². The van der Waals surface area contributed by atoms with E-state index in [0.29, 0.717) is 35.4 Å². The minimum atomic E-state index is 0.324. The van der Waals surface area contributed by atoms with Crippen molar-refractivity contribution >= 4 is 23.2 Å². The van der Waals surface area contributed by atoms with Crippen LogP contribution in [0.1, 0.15) is 11.1 Å². The Labute approximate surface area is 134 Å². The number of hydrogen-bond acceptors (Lipinski definition) is 3. The fraction of sp³-hybridized carbons (Fsp3) is 0.250. The van der Waals surface area contributed by atoms with Crippen LogP contribution in [0.15, 0.2) is 36.4 Å². The Hall–Kier alpha value is -1.42. The fourth-order valence-electron chi connectivity index (χ4n) is 2.08. The third-order valence-corrected chi connectivity index (χ3v) is 3.61. The minimum absolute atomic E-state index is 0.324. The molecule has 0 unspecified atom stereocenters. The van der Waals surface area contributed by atoms with Crippen molar-refractivity contribution in [2.45, 2.75) is 13.0 Å². The summed E-state index contributed by atoms with van der Waals surface area (Å²) in [6, 6.07) is 11.1. The lowest BCUT2D eigenvalue weighted by atomic mass is 10.1. The molecular formula is C16H17Cl2NO2. The Kier molecular flexibility index (Phi) is 5.74. The van der Waals surface area contributed by atoms with Crippen molar-refractivity contribution in [1.29, 1.82) is 0 Å². The van der Waals surface area contributed by atoms with E-state index >= 15 is 0 Å². The maximum Gasteiger partial charge on any atom is 0.141 e. The Morgan fingerprint density at radius 2 is 1.90 bits per heavy atom. The topological polar surface area (TPSA) is 44.5 Å². The summed E-state index contributed by atoms with van der Waals surface area (Å²) in [6.45, 7) is 0.863. The van der Waals surface area contributed by atoms with E-state index in [-0.39, 0.29) is 0 Å². The molecule has 0 aliphatic heterocycles. The largest absolute Gasteiger partial charge is 0.496 e. The highest BCUT2D eigenvalue weighted by Crippen LogP contribution is 2.31. The molecule has 2 N–H and O–H groups in total. The van der Waals surface area contributed by atoms with Gasteiger partial charge in [0.2, 0.25) is 0 Å². The number of nitrogens with two attached hydrogens (primary N) is 1. The molecule has 0 radical (unpaired) electrons. The lowest BCUT2D eigenvalue weighted by Crippen LogP contribution is -2.06. The molecule has 0 saturated carbocycles. The molecule has 2 rings (SSSR count). The van der Waals surface area contributed by atoms with Crippen molar-refractivity contribution < 1.29 is 9.47 Å². The lowest BCUT2D eigenvalue weighted by molar-refractivity contribution is 0.294. The molecule has 0 spiro atoms. The van der Waals surface area contributed by atoms with Gasteiger partial charge in [-0.3, -0.25) is 0 Å². The van der Waals surface area contributed by atoms with Crippen molar-refractivity contribution in [3.05, 3.63) is 57.6 Å². The van der Waals surface area contributed by atoms with Crippen LogP contribution in [0.3, 0.4) is 0 Å². The zero-order valence-electron chi connectivity index (χ0n) is 11.7. The van der Waals surface area contributed by atoms with E-state index in [4.69, 9.17) is 38.4 Å². The van der Waals surface area contributed by atoms with E-state index in [1.807, 2.05) is 24.3 Å². The molecule has 112 valence electrons. The van der Waals surface area contributed by atoms with Gasteiger partial charge in [0.15, 0.2) is 0 Å². The Morgan fingerprint density at radius 3 is 2.62 bits per heavy atom. The summed E-state index contributed by atoms with van der Waals surface area (Å²) < 4.78 is 11.2. The quantitative estimate of drug-likeness (QED) is 0.870. The Balaban J connectivity index is 2.22. The van der Waals surface area contributed by atoms with Gasteiger partial charge in [-0.25, -0.2) is 0 Å². The molecule has 0 amide bonds. The van der Waals surface area contributed by atoms with Gasteiger partial charge < -0.3 is 15.2 Å². The van der Waals surface area contributed by atoms with E-state index in [1.165, 1.54) is 0 Å². The number of para-hydroxylation sites is 1. The van der Waals surface area contributed by atoms with E-state index in [2.05, 4.69) is 0 Å². The molecule has 0 heterocycles. The maximum atomic E-state index is 6.21. The second kappa shape index (κ2) is 7.55. The number of hydrogen-bond donors (Lipinski definition) is 1. The minimum Gasteiger partial charge on any atom is -0.496 e. The number of methoxy groups -OCH3 is 1. The van der Waals surface area contributed by atoms with Crippen LogP contribution in [0.2, 0.25) is 10.0 Å². The van der Waals surface area contributed by atoms with Gasteiger partial charge in [-0.2, -0.15) is 0 Å². The van der Waals surface area contributed by atoms with Crippen molar-refractivity contribution in [3.63, 3.8) is 0 Å². The third-order valence-electron chi connectivity index (χ3n) is 3.08. The molecule has 0 aliphatic rings. The van der Waals surface area contributed by atoms with Gasteiger partial charge in [-0.1, -0.05) is 35.3 Å². The second-order valence-corrected chi connectivity index (χ2v) is 5.36. The SMILES string of the molecule is COc1ccc(Cl)cc1COc1c(Cl)cccc1CCN. The van der Waals surface area contributed by atoms with Crippen LogP contribution < -0.4 is 15.2 Å². The maximum absolute atomic E-state index is 6.21. The summed E-state index contributed by atoms with van der Waals surface area (Å²) in [6.07, 6.45) is 0.711. The summed E-state index contributed by atoms with van der Waals surface area (Å²) in [5.74, 6) is 1.39. The number of rotatable bonds is 6. The van der Waals surface area contributed by atoms with Crippen LogP contribution in [0.25, 0.3) is 0 Å². The van der Waals surface area contributed by atoms with E-state index in [1.54, 1.807) is 19.2 Å². The van der Waals surface area contributed by atoms with Gasteiger partial charge in [0.05, 0.1) is 12.1 Å². The molecule has 21 heavy (non-hydrogen) atoms. The number of benzene rings is 2. The Morgan fingerprint density at radius 1 is 1.10 bits per heavy atom. The molecule has 5 heteroatoms. The predicted octanol–water partition coefficient (Wildman–Crippen LogP) is 4.08. The fourth-order valence-corrected chi connectivity index (χ4v) is 2.52. The van der Waals surface area contributed by atoms with Crippen molar-refractivity contribution in [2.75, 3.05) is 13.7 Å². The third kappa shape index (κ3) is 4.03. The Bertz CT molecular complexity index is 617. The molecule has 2 aromatic carbocycles. The van der Waals surface area contributed by atoms with Crippen LogP contribution in [0.5, 0.6) is 11.5 Å². The van der Waals surface area contributed by atoms with E-state index < -0.39 is 0 Å². The number of halogens is 2. The molecule has 0 aromatic heterocycles. The van der Waals surface area contributed by atoms with Crippen LogP contribution in [-0.4, -0.2) is 13.7 Å². The normalized spacial score (nSPS) is 10.5. The summed E-state index contributed by atoms with van der Waals surface area (Å²) >= 11 is 12.2. The number of ether oxygens (including phenoxy) is 2. The van der Waals surface area contributed by atoms with Crippen LogP contribution >= 0.6 is 23.2 Å². The van der Waals surface area contributed by atoms with Gasteiger partial charge in [0, 0.05) is 10.6 Å². The summed E-state index contributed by atoms with van der Waals surface area (Å²) in [5, 5.41) is 1.21. The van der Waals surface area contributed by atoms with Crippen LogP contribution in [0.4, 0.5) is 0 Å². The summed E-state index contributed by atoms with van der Waals surface area (Å²) in [7, 11) is 1.61. The van der Waals surface area contributed by atoms with Crippen molar-refractivity contribution in [2.24, 2.45) is 5.73 Å². The highest BCUT2D eigenvalue weighted by molar-refractivity contribution is 6.32. The van der Waals surface area contributed by atoms with Gasteiger partial charge in [-0.15, -0.1) is 0 Å². The van der Waals surface area contributed by atoms with Crippen LogP contribution in [0, 0.1) is 0 Å². The zero-order valence-corrected chi connectivity index (χ0v) is 13.2.